The highest BCUT2D eigenvalue weighted by atomic mass is 16.7. The van der Waals surface area contributed by atoms with E-state index < -0.39 is 101 Å². The monoisotopic (exact) mass is 765 g/mol. The first kappa shape index (κ1) is 42.8. The number of aliphatic hydroxyl groups is 2. The number of fused-ring (bicyclic) bond motifs is 14. The summed E-state index contributed by atoms with van der Waals surface area (Å²) < 4.78 is 29.1. The van der Waals surface area contributed by atoms with Crippen LogP contribution in [-0.4, -0.2) is 82.7 Å². The summed E-state index contributed by atoms with van der Waals surface area (Å²) in [5.41, 5.74) is -1.23. The number of benzene rings is 1. The van der Waals surface area contributed by atoms with E-state index in [9.17, 15) is 39.0 Å². The van der Waals surface area contributed by atoms with Gasteiger partial charge >= 0.3 is 17.7 Å². The van der Waals surface area contributed by atoms with Crippen LogP contribution in [0.15, 0.2) is 47.9 Å². The molecule has 3 N–H and O–H groups in total. The van der Waals surface area contributed by atoms with Crippen LogP contribution >= 0.6 is 0 Å². The molecule has 14 heteroatoms. The summed E-state index contributed by atoms with van der Waals surface area (Å²) in [5, 5.41) is 25.1. The van der Waals surface area contributed by atoms with E-state index in [1.807, 2.05) is 0 Å². The average molecular weight is 766 g/mol. The second-order valence-corrected chi connectivity index (χ2v) is 14.9. The van der Waals surface area contributed by atoms with Gasteiger partial charge in [0.05, 0.1) is 52.9 Å². The number of hydrogen-bond donors (Lipinski definition) is 3. The molecule has 1 aromatic carbocycles. The van der Waals surface area contributed by atoms with E-state index in [0.29, 0.717) is 0 Å². The van der Waals surface area contributed by atoms with Crippen LogP contribution in [0.3, 0.4) is 0 Å². The molecule has 1 amide bonds. The lowest BCUT2D eigenvalue weighted by Gasteiger charge is -2.38. The SMILES string of the molecule is CO[C@H]1/C=C\O[C@@]2(C)Oc3c(C)c(OC(=O)C(C)C)c4c(c3C2=O)C(=O)C=C(NC(=O)/C(C)=C\C=C/[C@H](C)[C@H](O)[C@@H](C)[C@H](O)[C@H](C)[C@H](OC(C)=O)[C@@H]1C)C4=O. The van der Waals surface area contributed by atoms with E-state index in [4.69, 9.17) is 23.7 Å². The lowest BCUT2D eigenvalue weighted by molar-refractivity contribution is -0.160. The zero-order valence-corrected chi connectivity index (χ0v) is 33.0. The molecule has 0 radical (unpaired) electrons. The molecule has 0 unspecified atom stereocenters. The van der Waals surface area contributed by atoms with E-state index in [1.54, 1.807) is 53.7 Å². The van der Waals surface area contributed by atoms with Crippen molar-refractivity contribution in [2.75, 3.05) is 7.11 Å². The first-order valence-electron chi connectivity index (χ1n) is 18.2. The van der Waals surface area contributed by atoms with Gasteiger partial charge < -0.3 is 39.2 Å². The number of Topliss-reactive ketones (excluding diaryl/α,β-unsaturated/α-hetero) is 2. The Bertz CT molecular complexity index is 1890. The van der Waals surface area contributed by atoms with Crippen LogP contribution in [0.25, 0.3) is 0 Å². The Morgan fingerprint density at radius 1 is 0.927 bits per heavy atom. The second kappa shape index (κ2) is 16.8. The van der Waals surface area contributed by atoms with Crippen molar-refractivity contribution >= 4 is 35.2 Å². The van der Waals surface area contributed by atoms with Gasteiger partial charge in [0.2, 0.25) is 5.78 Å². The number of nitrogens with one attached hydrogen (secondary N) is 1. The zero-order valence-electron chi connectivity index (χ0n) is 33.0. The zero-order chi connectivity index (χ0) is 41.3. The minimum Gasteiger partial charge on any atom is -0.462 e. The minimum absolute atomic E-state index is 0.0681. The molecule has 5 bridgehead atoms. The summed E-state index contributed by atoms with van der Waals surface area (Å²) in [6, 6.07) is 0. The van der Waals surface area contributed by atoms with E-state index >= 15 is 0 Å². The van der Waals surface area contributed by atoms with Crippen LogP contribution in [0.4, 0.5) is 0 Å². The standard InChI is InChI=1S/C41H51NO13/c1-18(2)40(50)54-36-24(8)37-31-29-27(44)17-26(34(47)30(29)36)42-39(49)20(4)14-12-13-19(3)32(45)22(6)33(46)23(7)35(53-25(9)43)21(5)28(51-11)15-16-52-41(10,55-37)38(31)48/h12-19,21-23,28,32-33,35,45-46H,1-11H3,(H,42,49)/b13-12-,16-15-,20-14-/t19-,21+,22+,23-,28-,32-,33-,35+,41-/m0/s1. The van der Waals surface area contributed by atoms with E-state index in [2.05, 4.69) is 5.32 Å². The molecule has 55 heavy (non-hydrogen) atoms. The first-order chi connectivity index (χ1) is 25.7. The lowest BCUT2D eigenvalue weighted by atomic mass is 9.78. The second-order valence-electron chi connectivity index (χ2n) is 14.9. The number of aliphatic hydroxyl groups excluding tert-OH is 2. The van der Waals surface area contributed by atoms with Crippen LogP contribution in [-0.2, 0) is 28.6 Å². The summed E-state index contributed by atoms with van der Waals surface area (Å²) >= 11 is 0. The molecule has 0 spiro atoms. The third-order valence-electron chi connectivity index (χ3n) is 10.5. The summed E-state index contributed by atoms with van der Waals surface area (Å²) in [6.07, 6.45) is 4.24. The number of allylic oxidation sites excluding steroid dienone is 4. The molecule has 4 aliphatic rings. The third kappa shape index (κ3) is 8.51. The first-order valence-corrected chi connectivity index (χ1v) is 18.2. The van der Waals surface area contributed by atoms with Crippen LogP contribution < -0.4 is 14.8 Å². The molecule has 9 atom stereocenters. The molecule has 5 rings (SSSR count). The summed E-state index contributed by atoms with van der Waals surface area (Å²) in [4.78, 5) is 80.7. The highest BCUT2D eigenvalue weighted by Crippen LogP contribution is 2.48. The maximum absolute atomic E-state index is 14.2. The number of rotatable bonds is 4. The van der Waals surface area contributed by atoms with E-state index in [1.165, 1.54) is 47.0 Å². The number of hydrogen-bond acceptors (Lipinski definition) is 13. The highest BCUT2D eigenvalue weighted by molar-refractivity contribution is 6.31. The largest absolute Gasteiger partial charge is 0.462 e. The van der Waals surface area contributed by atoms with Crippen LogP contribution in [0.2, 0.25) is 0 Å². The molecule has 0 fully saturated rings. The molecule has 1 aromatic rings. The molecule has 3 aliphatic heterocycles. The van der Waals surface area contributed by atoms with Crippen molar-refractivity contribution in [3.05, 3.63) is 70.2 Å². The fraction of sp³-hybridized carbons (Fsp3) is 0.512. The predicted molar refractivity (Wildman–Crippen MR) is 198 cm³/mol. The quantitative estimate of drug-likeness (QED) is 0.286. The highest BCUT2D eigenvalue weighted by Gasteiger charge is 2.52. The van der Waals surface area contributed by atoms with Gasteiger partial charge in [-0.3, -0.25) is 28.8 Å². The number of amides is 1. The smallest absolute Gasteiger partial charge is 0.313 e. The topological polar surface area (TPSA) is 201 Å². The fourth-order valence-electron chi connectivity index (χ4n) is 6.95. The van der Waals surface area contributed by atoms with Gasteiger partial charge in [-0.1, -0.05) is 59.8 Å². The fourth-order valence-corrected chi connectivity index (χ4v) is 6.95. The summed E-state index contributed by atoms with van der Waals surface area (Å²) in [7, 11) is 1.42. The van der Waals surface area contributed by atoms with Crippen LogP contribution in [0.5, 0.6) is 11.5 Å². The number of methoxy groups -OCH3 is 1. The normalized spacial score (nSPS) is 32.4. The molecule has 0 aromatic heterocycles. The Morgan fingerprint density at radius 3 is 2.18 bits per heavy atom. The van der Waals surface area contributed by atoms with Crippen molar-refractivity contribution in [3.63, 3.8) is 0 Å². The van der Waals surface area contributed by atoms with Crippen LogP contribution in [0, 0.1) is 36.5 Å². The van der Waals surface area contributed by atoms with Crippen LogP contribution in [0.1, 0.15) is 99.0 Å². The van der Waals surface area contributed by atoms with Gasteiger partial charge in [-0.25, -0.2) is 0 Å². The lowest BCUT2D eigenvalue weighted by Crippen LogP contribution is -2.46. The molecule has 298 valence electrons. The summed E-state index contributed by atoms with van der Waals surface area (Å²) in [5.74, 6) is -10.2. The number of carbonyl (C=O) groups excluding carboxylic acids is 6. The number of ketones is 3. The van der Waals surface area contributed by atoms with Gasteiger partial charge in [0.25, 0.3) is 11.7 Å². The molecule has 0 saturated carbocycles. The number of esters is 2. The Balaban J connectivity index is 1.90. The van der Waals surface area contributed by atoms with Gasteiger partial charge in [0.15, 0.2) is 5.78 Å². The third-order valence-corrected chi connectivity index (χ3v) is 10.5. The van der Waals surface area contributed by atoms with Crippen molar-refractivity contribution in [3.8, 4) is 11.5 Å². The van der Waals surface area contributed by atoms with Crippen molar-refractivity contribution in [1.29, 1.82) is 0 Å². The van der Waals surface area contributed by atoms with Crippen molar-refractivity contribution < 1.29 is 62.7 Å². The molecule has 3 heterocycles. The van der Waals surface area contributed by atoms with Gasteiger partial charge in [0, 0.05) is 61.8 Å². The molecule has 0 saturated heterocycles. The Hall–Kier alpha value is -4.92. The van der Waals surface area contributed by atoms with Gasteiger partial charge in [-0.05, 0) is 19.9 Å². The molecule has 14 nitrogen and oxygen atoms in total. The number of carbonyl (C=O) groups is 6. The van der Waals surface area contributed by atoms with E-state index in [-0.39, 0.29) is 39.3 Å². The molecular formula is C41H51NO13. The van der Waals surface area contributed by atoms with Crippen molar-refractivity contribution in [2.24, 2.45) is 29.6 Å². The predicted octanol–water partition coefficient (Wildman–Crippen LogP) is 4.49. The summed E-state index contributed by atoms with van der Waals surface area (Å²) in [6.45, 7) is 15.5. The Labute approximate surface area is 320 Å². The van der Waals surface area contributed by atoms with Crippen molar-refractivity contribution in [2.45, 2.75) is 99.4 Å². The van der Waals surface area contributed by atoms with E-state index in [0.717, 1.165) is 12.3 Å². The maximum atomic E-state index is 14.2. The Kier molecular flexibility index (Phi) is 13.1. The molecular weight excluding hydrogens is 714 g/mol. The van der Waals surface area contributed by atoms with Gasteiger partial charge in [-0.15, -0.1) is 0 Å². The van der Waals surface area contributed by atoms with Crippen molar-refractivity contribution in [1.82, 2.24) is 5.32 Å². The van der Waals surface area contributed by atoms with Gasteiger partial charge in [0.1, 0.15) is 17.6 Å². The Morgan fingerprint density at radius 2 is 1.58 bits per heavy atom. The number of ether oxygens (including phenoxy) is 5. The maximum Gasteiger partial charge on any atom is 0.313 e. The van der Waals surface area contributed by atoms with Gasteiger partial charge in [-0.2, -0.15) is 0 Å². The average Bonchev–Trinajstić information content (AvgIpc) is 3.39. The molecule has 1 aliphatic carbocycles. The minimum atomic E-state index is -2.08.